The molecule has 0 aliphatic heterocycles. The van der Waals surface area contributed by atoms with Gasteiger partial charge in [-0.3, -0.25) is 14.4 Å². The van der Waals surface area contributed by atoms with Gasteiger partial charge in [-0.25, -0.2) is 0 Å². The number of esters is 3. The van der Waals surface area contributed by atoms with Gasteiger partial charge in [0.25, 0.3) is 0 Å². The molecule has 0 spiro atoms. The van der Waals surface area contributed by atoms with E-state index in [1.165, 1.54) is 180 Å². The van der Waals surface area contributed by atoms with Gasteiger partial charge < -0.3 is 14.2 Å². The summed E-state index contributed by atoms with van der Waals surface area (Å²) in [4.78, 5) is 38.2. The van der Waals surface area contributed by atoms with Crippen molar-refractivity contribution in [2.45, 2.75) is 335 Å². The van der Waals surface area contributed by atoms with Crippen LogP contribution in [0.2, 0.25) is 0 Å². The first-order chi connectivity index (χ1) is 37.0. The highest BCUT2D eigenvalue weighted by Gasteiger charge is 2.19. The highest BCUT2D eigenvalue weighted by Crippen LogP contribution is 2.18. The van der Waals surface area contributed by atoms with Gasteiger partial charge in [-0.15, -0.1) is 0 Å². The van der Waals surface area contributed by atoms with Crippen molar-refractivity contribution in [3.05, 3.63) is 72.9 Å². The Morgan fingerprint density at radius 2 is 0.533 bits per heavy atom. The molecule has 0 aromatic carbocycles. The van der Waals surface area contributed by atoms with Crippen LogP contribution in [0.5, 0.6) is 0 Å². The zero-order chi connectivity index (χ0) is 54.3. The minimum atomic E-state index is -0.803. The summed E-state index contributed by atoms with van der Waals surface area (Å²) in [5.74, 6) is -0.938. The van der Waals surface area contributed by atoms with E-state index in [9.17, 15) is 14.4 Å². The van der Waals surface area contributed by atoms with Crippen LogP contribution in [0.3, 0.4) is 0 Å². The van der Waals surface area contributed by atoms with E-state index >= 15 is 0 Å². The maximum absolute atomic E-state index is 12.9. The van der Waals surface area contributed by atoms with Gasteiger partial charge in [-0.05, 0) is 83.5 Å². The third-order valence-corrected chi connectivity index (χ3v) is 14.2. The SMILES string of the molecule is CC/C=C\C/C=C\C/C=C\C/C=C\CCCCC(=O)OC(COC(=O)CCCCCCC/C=C\C/C=C\CCCC)COC(=O)CCCCCCCCCCCCCCCCCCCCCCCCCCCCCC. The highest BCUT2D eigenvalue weighted by atomic mass is 16.6. The first-order valence-corrected chi connectivity index (χ1v) is 32.4. The number of carbonyl (C=O) groups excluding carboxylic acids is 3. The van der Waals surface area contributed by atoms with E-state index in [1.54, 1.807) is 0 Å². The molecule has 0 saturated heterocycles. The average molecular weight is 1050 g/mol. The summed E-state index contributed by atoms with van der Waals surface area (Å²) < 4.78 is 16.9. The van der Waals surface area contributed by atoms with Crippen LogP contribution in [0.25, 0.3) is 0 Å². The molecule has 6 heteroatoms. The molecule has 0 saturated carbocycles. The predicted octanol–water partition coefficient (Wildman–Crippen LogP) is 22.1. The Balaban J connectivity index is 4.23. The van der Waals surface area contributed by atoms with Gasteiger partial charge in [0.05, 0.1) is 0 Å². The molecule has 0 rings (SSSR count). The van der Waals surface area contributed by atoms with Crippen molar-refractivity contribution >= 4 is 17.9 Å². The average Bonchev–Trinajstić information content (AvgIpc) is 3.41. The summed E-state index contributed by atoms with van der Waals surface area (Å²) in [7, 11) is 0. The number of ether oxygens (including phenoxy) is 3. The van der Waals surface area contributed by atoms with E-state index in [0.29, 0.717) is 19.3 Å². The fourth-order valence-electron chi connectivity index (χ4n) is 9.34. The van der Waals surface area contributed by atoms with Crippen molar-refractivity contribution < 1.29 is 28.6 Å². The van der Waals surface area contributed by atoms with Crippen molar-refractivity contribution in [2.75, 3.05) is 13.2 Å². The van der Waals surface area contributed by atoms with Crippen molar-refractivity contribution in [3.8, 4) is 0 Å². The molecule has 0 fully saturated rings. The minimum Gasteiger partial charge on any atom is -0.462 e. The molecule has 0 radical (unpaired) electrons. The Kier molecular flexibility index (Phi) is 60.7. The number of unbranched alkanes of at least 4 members (excludes halogenated alkanes) is 36. The molecule has 0 aromatic rings. The van der Waals surface area contributed by atoms with Crippen molar-refractivity contribution in [1.82, 2.24) is 0 Å². The first-order valence-electron chi connectivity index (χ1n) is 32.4. The second kappa shape index (κ2) is 63.4. The molecule has 434 valence electrons. The lowest BCUT2D eigenvalue weighted by atomic mass is 10.0. The Morgan fingerprint density at radius 3 is 0.880 bits per heavy atom. The van der Waals surface area contributed by atoms with Crippen LogP contribution in [0, 0.1) is 0 Å². The van der Waals surface area contributed by atoms with Gasteiger partial charge in [0.1, 0.15) is 13.2 Å². The zero-order valence-electron chi connectivity index (χ0n) is 49.8. The van der Waals surface area contributed by atoms with Crippen LogP contribution in [0.15, 0.2) is 72.9 Å². The quantitative estimate of drug-likeness (QED) is 0.0261. The lowest BCUT2D eigenvalue weighted by molar-refractivity contribution is -0.167. The molecule has 1 unspecified atom stereocenters. The van der Waals surface area contributed by atoms with Crippen LogP contribution in [0.1, 0.15) is 329 Å². The molecule has 0 amide bonds. The van der Waals surface area contributed by atoms with Gasteiger partial charge in [0.2, 0.25) is 0 Å². The Hall–Kier alpha value is -3.15. The van der Waals surface area contributed by atoms with E-state index in [1.807, 2.05) is 0 Å². The molecule has 0 N–H and O–H groups in total. The Labute approximate surface area is 465 Å². The van der Waals surface area contributed by atoms with E-state index in [0.717, 1.165) is 103 Å². The maximum Gasteiger partial charge on any atom is 0.306 e. The number of rotatable bonds is 59. The first kappa shape index (κ1) is 71.8. The molecular formula is C69H122O6. The third kappa shape index (κ3) is 61.6. The molecular weight excluding hydrogens is 925 g/mol. The lowest BCUT2D eigenvalue weighted by Gasteiger charge is -2.18. The summed E-state index contributed by atoms with van der Waals surface area (Å²) in [6.45, 7) is 6.48. The molecule has 0 aromatic heterocycles. The van der Waals surface area contributed by atoms with Gasteiger partial charge in [-0.2, -0.15) is 0 Å². The number of hydrogen-bond acceptors (Lipinski definition) is 6. The van der Waals surface area contributed by atoms with Gasteiger partial charge in [0.15, 0.2) is 6.10 Å². The highest BCUT2D eigenvalue weighted by molar-refractivity contribution is 5.71. The van der Waals surface area contributed by atoms with Gasteiger partial charge >= 0.3 is 17.9 Å². The smallest absolute Gasteiger partial charge is 0.306 e. The maximum atomic E-state index is 12.9. The molecule has 0 heterocycles. The molecule has 75 heavy (non-hydrogen) atoms. The van der Waals surface area contributed by atoms with Crippen molar-refractivity contribution in [2.24, 2.45) is 0 Å². The fraction of sp³-hybridized carbons (Fsp3) is 0.783. The van der Waals surface area contributed by atoms with E-state index in [-0.39, 0.29) is 37.5 Å². The van der Waals surface area contributed by atoms with E-state index in [2.05, 4.69) is 93.7 Å². The number of hydrogen-bond donors (Lipinski definition) is 0. The van der Waals surface area contributed by atoms with Crippen LogP contribution < -0.4 is 0 Å². The summed E-state index contributed by atoms with van der Waals surface area (Å²) in [5.41, 5.74) is 0. The lowest BCUT2D eigenvalue weighted by Crippen LogP contribution is -2.30. The van der Waals surface area contributed by atoms with Crippen molar-refractivity contribution in [1.29, 1.82) is 0 Å². The monoisotopic (exact) mass is 1050 g/mol. The van der Waals surface area contributed by atoms with Crippen molar-refractivity contribution in [3.63, 3.8) is 0 Å². The standard InChI is InChI=1S/C69H122O6/c1-4-7-10-13-16-19-22-25-28-29-30-31-32-33-34-35-36-37-38-39-40-42-44-47-50-53-56-59-62-68(71)74-65-66(64-73-67(70)61-58-55-52-49-46-43-27-24-21-18-15-12-9-6-3)75-69(72)63-60-57-54-51-48-45-41-26-23-20-17-14-11-8-5-2/h8,11,15,17-18,20,24,26-27,41,48,51,66H,4-7,9-10,12-14,16,19,21-23,25,28-40,42-47,49-50,52-65H2,1-3H3/b11-8-,18-15-,20-17-,27-24-,41-26-,51-48-. The molecule has 6 nitrogen and oxygen atoms in total. The Morgan fingerprint density at radius 1 is 0.280 bits per heavy atom. The van der Waals surface area contributed by atoms with Crippen LogP contribution in [-0.4, -0.2) is 37.2 Å². The number of allylic oxidation sites excluding steroid dienone is 12. The number of carbonyl (C=O) groups is 3. The summed E-state index contributed by atoms with van der Waals surface area (Å²) in [6, 6.07) is 0. The fourth-order valence-corrected chi connectivity index (χ4v) is 9.34. The molecule has 0 aliphatic rings. The van der Waals surface area contributed by atoms with Crippen LogP contribution in [-0.2, 0) is 28.6 Å². The molecule has 0 bridgehead atoms. The van der Waals surface area contributed by atoms with Gasteiger partial charge in [-0.1, -0.05) is 299 Å². The summed E-state index contributed by atoms with van der Waals surface area (Å²) in [5, 5.41) is 0. The summed E-state index contributed by atoms with van der Waals surface area (Å²) >= 11 is 0. The van der Waals surface area contributed by atoms with Crippen LogP contribution >= 0.6 is 0 Å². The van der Waals surface area contributed by atoms with E-state index in [4.69, 9.17) is 14.2 Å². The minimum absolute atomic E-state index is 0.0943. The normalized spacial score (nSPS) is 12.5. The second-order valence-corrected chi connectivity index (χ2v) is 21.6. The summed E-state index contributed by atoms with van der Waals surface area (Å²) in [6.07, 6.45) is 82.2. The largest absolute Gasteiger partial charge is 0.462 e. The predicted molar refractivity (Wildman–Crippen MR) is 325 cm³/mol. The third-order valence-electron chi connectivity index (χ3n) is 14.2. The molecule has 0 aliphatic carbocycles. The zero-order valence-corrected chi connectivity index (χ0v) is 49.8. The van der Waals surface area contributed by atoms with E-state index < -0.39 is 6.10 Å². The Bertz CT molecular complexity index is 1390. The molecule has 1 atom stereocenters. The van der Waals surface area contributed by atoms with Gasteiger partial charge in [0, 0.05) is 19.3 Å². The topological polar surface area (TPSA) is 78.9 Å². The second-order valence-electron chi connectivity index (χ2n) is 21.6. The van der Waals surface area contributed by atoms with Crippen LogP contribution in [0.4, 0.5) is 0 Å².